The molecule has 0 unspecified atom stereocenters. The molecule has 0 radical (unpaired) electrons. The SMILES string of the molecule is c1ncc(-c2cc3ccc4c5ccc6c(ccc7cc(-c8cncnc8)sc76)c5ccc4c3s2)cn1. The van der Waals surface area contributed by atoms with Gasteiger partial charge in [0, 0.05) is 65.8 Å². The van der Waals surface area contributed by atoms with Gasteiger partial charge in [0.15, 0.2) is 0 Å². The third kappa shape index (κ3) is 2.92. The zero-order valence-electron chi connectivity index (χ0n) is 18.8. The lowest BCUT2D eigenvalue weighted by Gasteiger charge is -2.09. The minimum atomic E-state index is 1.06. The van der Waals surface area contributed by atoms with Gasteiger partial charge in [0.1, 0.15) is 12.7 Å². The monoisotopic (exact) mass is 496 g/mol. The quantitative estimate of drug-likeness (QED) is 0.225. The molecule has 0 amide bonds. The number of nitrogens with zero attached hydrogens (tertiary/aromatic N) is 4. The number of hydrogen-bond acceptors (Lipinski definition) is 6. The zero-order valence-corrected chi connectivity index (χ0v) is 20.5. The summed E-state index contributed by atoms with van der Waals surface area (Å²) in [6, 6.07) is 22.6. The average Bonchev–Trinajstić information content (AvgIpc) is 3.58. The number of rotatable bonds is 2. The molecule has 0 fully saturated rings. The van der Waals surface area contributed by atoms with Crippen LogP contribution in [-0.2, 0) is 0 Å². The highest BCUT2D eigenvalue weighted by Crippen LogP contribution is 2.43. The summed E-state index contributed by atoms with van der Waals surface area (Å²) in [5, 5.41) is 10.2. The standard InChI is InChI=1S/C30H16N4S2/c1-3-23-21-5-8-26-24(4-2-18-10-28(36-30(18)26)20-13-33-16-34-14-20)22(21)6-7-25(23)29-17(1)9-27(35-29)19-11-31-15-32-12-19/h1-16H. The minimum Gasteiger partial charge on any atom is -0.244 e. The lowest BCUT2D eigenvalue weighted by Crippen LogP contribution is -1.81. The smallest absolute Gasteiger partial charge is 0.115 e. The molecule has 8 rings (SSSR count). The van der Waals surface area contributed by atoms with E-state index in [1.54, 1.807) is 35.3 Å². The molecule has 36 heavy (non-hydrogen) atoms. The first-order valence-electron chi connectivity index (χ1n) is 11.6. The second-order valence-corrected chi connectivity index (χ2v) is 11.0. The molecular formula is C30H16N4S2. The highest BCUT2D eigenvalue weighted by atomic mass is 32.1. The third-order valence-electron chi connectivity index (χ3n) is 6.84. The highest BCUT2D eigenvalue weighted by molar-refractivity contribution is 7.23. The van der Waals surface area contributed by atoms with E-state index in [0.717, 1.165) is 11.1 Å². The molecule has 4 aromatic heterocycles. The van der Waals surface area contributed by atoms with Gasteiger partial charge in [-0.2, -0.15) is 0 Å². The van der Waals surface area contributed by atoms with Crippen molar-refractivity contribution in [3.8, 4) is 20.9 Å². The Morgan fingerprint density at radius 1 is 0.417 bits per heavy atom. The summed E-state index contributed by atoms with van der Waals surface area (Å²) in [7, 11) is 0. The van der Waals surface area contributed by atoms with E-state index in [1.807, 2.05) is 24.8 Å². The predicted molar refractivity (Wildman–Crippen MR) is 152 cm³/mol. The maximum Gasteiger partial charge on any atom is 0.115 e. The maximum atomic E-state index is 4.19. The van der Waals surface area contributed by atoms with Gasteiger partial charge in [-0.3, -0.25) is 0 Å². The summed E-state index contributed by atoms with van der Waals surface area (Å²) in [5.41, 5.74) is 2.11. The maximum absolute atomic E-state index is 4.19. The third-order valence-corrected chi connectivity index (χ3v) is 9.31. The summed E-state index contributed by atoms with van der Waals surface area (Å²) < 4.78 is 2.61. The van der Waals surface area contributed by atoms with Gasteiger partial charge in [0.05, 0.1) is 0 Å². The largest absolute Gasteiger partial charge is 0.244 e. The predicted octanol–water partition coefficient (Wildman–Crippen LogP) is 8.49. The van der Waals surface area contributed by atoms with Crippen LogP contribution in [-0.4, -0.2) is 19.9 Å². The van der Waals surface area contributed by atoms with Gasteiger partial charge in [-0.1, -0.05) is 48.5 Å². The fourth-order valence-electron chi connectivity index (χ4n) is 5.17. The van der Waals surface area contributed by atoms with Crippen LogP contribution in [0.2, 0.25) is 0 Å². The van der Waals surface area contributed by atoms with E-state index in [-0.39, 0.29) is 0 Å². The summed E-state index contributed by atoms with van der Waals surface area (Å²) >= 11 is 3.61. The van der Waals surface area contributed by atoms with Gasteiger partial charge >= 0.3 is 0 Å². The molecule has 0 aliphatic heterocycles. The molecule has 168 valence electrons. The van der Waals surface area contributed by atoms with Crippen molar-refractivity contribution in [3.63, 3.8) is 0 Å². The van der Waals surface area contributed by atoms with Gasteiger partial charge in [0.2, 0.25) is 0 Å². The van der Waals surface area contributed by atoms with E-state index in [2.05, 4.69) is 80.6 Å². The van der Waals surface area contributed by atoms with Crippen molar-refractivity contribution in [1.82, 2.24) is 19.9 Å². The normalized spacial score (nSPS) is 11.9. The summed E-state index contributed by atoms with van der Waals surface area (Å²) in [5.74, 6) is 0. The van der Waals surface area contributed by atoms with Crippen molar-refractivity contribution in [2.45, 2.75) is 0 Å². The molecule has 0 spiro atoms. The van der Waals surface area contributed by atoms with Crippen LogP contribution in [0.3, 0.4) is 0 Å². The Morgan fingerprint density at radius 3 is 1.22 bits per heavy atom. The Labute approximate surface area is 213 Å². The number of thiophene rings is 2. The van der Waals surface area contributed by atoms with E-state index in [4.69, 9.17) is 0 Å². The van der Waals surface area contributed by atoms with E-state index in [9.17, 15) is 0 Å². The van der Waals surface area contributed by atoms with Crippen LogP contribution >= 0.6 is 22.7 Å². The van der Waals surface area contributed by atoms with Crippen LogP contribution in [0.5, 0.6) is 0 Å². The van der Waals surface area contributed by atoms with Crippen molar-refractivity contribution < 1.29 is 0 Å². The molecule has 4 heterocycles. The second-order valence-electron chi connectivity index (χ2n) is 8.86. The number of fused-ring (bicyclic) bond motifs is 9. The number of benzene rings is 4. The van der Waals surface area contributed by atoms with E-state index in [1.165, 1.54) is 62.2 Å². The van der Waals surface area contributed by atoms with Gasteiger partial charge in [-0.05, 0) is 44.5 Å². The van der Waals surface area contributed by atoms with E-state index in [0.29, 0.717) is 0 Å². The summed E-state index contributed by atoms with van der Waals surface area (Å²) in [6.45, 7) is 0. The van der Waals surface area contributed by atoms with E-state index < -0.39 is 0 Å². The van der Waals surface area contributed by atoms with Crippen molar-refractivity contribution in [2.75, 3.05) is 0 Å². The molecule has 0 atom stereocenters. The van der Waals surface area contributed by atoms with Crippen LogP contribution < -0.4 is 0 Å². The molecule has 0 aliphatic carbocycles. The first kappa shape index (κ1) is 20.0. The molecule has 8 aromatic rings. The van der Waals surface area contributed by atoms with Crippen molar-refractivity contribution in [3.05, 3.63) is 98.1 Å². The second kappa shape index (κ2) is 7.62. The summed E-state index contributed by atoms with van der Waals surface area (Å²) in [4.78, 5) is 19.2. The molecule has 0 N–H and O–H groups in total. The molecule has 4 aromatic carbocycles. The van der Waals surface area contributed by atoms with Gasteiger partial charge in [0.25, 0.3) is 0 Å². The lowest BCUT2D eigenvalue weighted by atomic mass is 9.96. The molecule has 0 aliphatic rings. The lowest BCUT2D eigenvalue weighted by molar-refractivity contribution is 1.17. The number of aromatic nitrogens is 4. The molecule has 6 heteroatoms. The zero-order chi connectivity index (χ0) is 23.6. The van der Waals surface area contributed by atoms with Crippen LogP contribution in [0.25, 0.3) is 73.4 Å². The van der Waals surface area contributed by atoms with Crippen LogP contribution in [0.4, 0.5) is 0 Å². The Bertz CT molecular complexity index is 1940. The first-order valence-corrected chi connectivity index (χ1v) is 13.2. The molecule has 4 nitrogen and oxygen atoms in total. The van der Waals surface area contributed by atoms with Crippen molar-refractivity contribution >= 4 is 75.2 Å². The first-order chi connectivity index (χ1) is 17.8. The Kier molecular flexibility index (Phi) is 4.23. The Morgan fingerprint density at radius 2 is 0.778 bits per heavy atom. The molecular weight excluding hydrogens is 480 g/mol. The van der Waals surface area contributed by atoms with Crippen LogP contribution in [0.1, 0.15) is 0 Å². The highest BCUT2D eigenvalue weighted by Gasteiger charge is 2.13. The van der Waals surface area contributed by atoms with Crippen LogP contribution in [0, 0.1) is 0 Å². The molecule has 0 saturated carbocycles. The van der Waals surface area contributed by atoms with Crippen molar-refractivity contribution in [2.24, 2.45) is 0 Å². The fourth-order valence-corrected chi connectivity index (χ4v) is 7.49. The van der Waals surface area contributed by atoms with Crippen LogP contribution in [0.15, 0.2) is 98.1 Å². The van der Waals surface area contributed by atoms with Gasteiger partial charge in [-0.15, -0.1) is 22.7 Å². The number of hydrogen-bond donors (Lipinski definition) is 0. The van der Waals surface area contributed by atoms with E-state index >= 15 is 0 Å². The van der Waals surface area contributed by atoms with Gasteiger partial charge < -0.3 is 0 Å². The minimum absolute atomic E-state index is 1.06. The topological polar surface area (TPSA) is 51.6 Å². The Balaban J connectivity index is 1.36. The Hall–Kier alpha value is -4.26. The fraction of sp³-hybridized carbons (Fsp3) is 0. The van der Waals surface area contributed by atoms with Crippen molar-refractivity contribution in [1.29, 1.82) is 0 Å². The van der Waals surface area contributed by atoms with Gasteiger partial charge in [-0.25, -0.2) is 19.9 Å². The molecule has 0 saturated heterocycles. The summed E-state index contributed by atoms with van der Waals surface area (Å²) in [6.07, 6.45) is 10.7. The molecule has 0 bridgehead atoms. The average molecular weight is 497 g/mol.